The molecule has 0 radical (unpaired) electrons. The van der Waals surface area contributed by atoms with Crippen LogP contribution in [-0.4, -0.2) is 43.7 Å². The van der Waals surface area contributed by atoms with Gasteiger partial charge in [0.1, 0.15) is 19.1 Å². The lowest BCUT2D eigenvalue weighted by atomic mass is 9.91. The maximum atomic E-state index is 12.8. The molecule has 1 atom stereocenters. The topological polar surface area (TPSA) is 93.9 Å². The highest BCUT2D eigenvalue weighted by molar-refractivity contribution is 6.09. The summed E-state index contributed by atoms with van der Waals surface area (Å²) in [6.45, 7) is 1.57. The van der Waals surface area contributed by atoms with Gasteiger partial charge < -0.3 is 25.4 Å². The molecule has 1 aliphatic carbocycles. The fraction of sp³-hybridized carbons (Fsp3) is 0.579. The van der Waals surface area contributed by atoms with Crippen molar-refractivity contribution in [3.63, 3.8) is 0 Å². The Labute approximate surface area is 165 Å². The number of benzene rings is 1. The van der Waals surface area contributed by atoms with E-state index in [1.54, 1.807) is 4.90 Å². The number of hydrogen-bond donors (Lipinski definition) is 2. The van der Waals surface area contributed by atoms with Gasteiger partial charge in [0.25, 0.3) is 0 Å². The van der Waals surface area contributed by atoms with Crippen LogP contribution in [0.5, 0.6) is 11.5 Å². The zero-order valence-corrected chi connectivity index (χ0v) is 16.0. The molecule has 7 nitrogen and oxygen atoms in total. The number of amides is 2. The summed E-state index contributed by atoms with van der Waals surface area (Å²) < 4.78 is 11.1. The van der Waals surface area contributed by atoms with E-state index in [4.69, 9.17) is 15.2 Å². The smallest absolute Gasteiger partial charge is 0.239 e. The van der Waals surface area contributed by atoms with Crippen LogP contribution < -0.4 is 25.4 Å². The minimum Gasteiger partial charge on any atom is -0.486 e. The number of hydrogen-bond acceptors (Lipinski definition) is 5. The van der Waals surface area contributed by atoms with Crippen molar-refractivity contribution >= 4 is 29.9 Å². The van der Waals surface area contributed by atoms with Gasteiger partial charge in [-0.1, -0.05) is 0 Å². The van der Waals surface area contributed by atoms with Crippen molar-refractivity contribution < 1.29 is 19.1 Å². The molecule has 1 saturated heterocycles. The summed E-state index contributed by atoms with van der Waals surface area (Å²) in [5.74, 6) is 0.422. The number of carbonyl (C=O) groups excluding carboxylic acids is 2. The molecule has 2 amide bonds. The predicted molar refractivity (Wildman–Crippen MR) is 104 cm³/mol. The molecule has 148 valence electrons. The van der Waals surface area contributed by atoms with E-state index in [9.17, 15) is 9.59 Å². The normalized spacial score (nSPS) is 27.1. The van der Waals surface area contributed by atoms with Crippen molar-refractivity contribution in [1.29, 1.82) is 0 Å². The molecule has 1 aromatic rings. The molecule has 0 spiro atoms. The van der Waals surface area contributed by atoms with Crippen LogP contribution in [0.15, 0.2) is 18.2 Å². The third kappa shape index (κ3) is 4.14. The van der Waals surface area contributed by atoms with E-state index in [0.29, 0.717) is 37.7 Å². The van der Waals surface area contributed by atoms with Crippen LogP contribution in [0.25, 0.3) is 0 Å². The van der Waals surface area contributed by atoms with Crippen LogP contribution in [0.4, 0.5) is 5.69 Å². The summed E-state index contributed by atoms with van der Waals surface area (Å²) in [5.41, 5.74) is 6.66. The minimum atomic E-state index is -0.612. The lowest BCUT2D eigenvalue weighted by Crippen LogP contribution is -2.44. The summed E-state index contributed by atoms with van der Waals surface area (Å²) in [7, 11) is 0. The molecule has 1 aromatic carbocycles. The van der Waals surface area contributed by atoms with E-state index in [1.165, 1.54) is 0 Å². The van der Waals surface area contributed by atoms with Gasteiger partial charge in [-0.3, -0.25) is 9.59 Å². The Morgan fingerprint density at radius 3 is 2.52 bits per heavy atom. The Kier molecular flexibility index (Phi) is 6.11. The predicted octanol–water partition coefficient (Wildman–Crippen LogP) is 1.62. The molecule has 2 fully saturated rings. The van der Waals surface area contributed by atoms with Crippen molar-refractivity contribution in [1.82, 2.24) is 5.32 Å². The number of ether oxygens (including phenoxy) is 2. The molecule has 1 saturated carbocycles. The number of fused-ring (bicyclic) bond motifs is 1. The van der Waals surface area contributed by atoms with Crippen LogP contribution >= 0.6 is 12.4 Å². The van der Waals surface area contributed by atoms with Gasteiger partial charge in [-0.05, 0) is 44.2 Å². The van der Waals surface area contributed by atoms with Crippen LogP contribution in [0.1, 0.15) is 32.1 Å². The minimum absolute atomic E-state index is 0. The summed E-state index contributed by atoms with van der Waals surface area (Å²) >= 11 is 0. The number of anilines is 1. The third-order valence-corrected chi connectivity index (χ3v) is 5.48. The van der Waals surface area contributed by atoms with Crippen molar-refractivity contribution in [2.24, 2.45) is 11.7 Å². The number of carbonyl (C=O) groups is 2. The SMILES string of the molecule is Cl.NC1CCC(NC(=O)C2CCN(c3ccc4c(c3)OCCO4)C2=O)CC1. The maximum absolute atomic E-state index is 12.8. The zero-order valence-electron chi connectivity index (χ0n) is 15.2. The highest BCUT2D eigenvalue weighted by atomic mass is 35.5. The van der Waals surface area contributed by atoms with Crippen molar-refractivity contribution in [2.75, 3.05) is 24.7 Å². The third-order valence-electron chi connectivity index (χ3n) is 5.48. The molecule has 2 heterocycles. The molecule has 8 heteroatoms. The molecule has 2 aliphatic heterocycles. The lowest BCUT2D eigenvalue weighted by molar-refractivity contribution is -0.132. The number of nitrogens with one attached hydrogen (secondary N) is 1. The van der Waals surface area contributed by atoms with Crippen LogP contribution in [0.3, 0.4) is 0 Å². The van der Waals surface area contributed by atoms with E-state index in [2.05, 4.69) is 5.32 Å². The van der Waals surface area contributed by atoms with Crippen molar-refractivity contribution in [2.45, 2.75) is 44.2 Å². The van der Waals surface area contributed by atoms with Gasteiger partial charge in [0.05, 0.1) is 0 Å². The van der Waals surface area contributed by atoms with Crippen molar-refractivity contribution in [3.8, 4) is 11.5 Å². The quantitative estimate of drug-likeness (QED) is 0.758. The molecular weight excluding hydrogens is 370 g/mol. The average molecular weight is 396 g/mol. The standard InChI is InChI=1S/C19H25N3O4.ClH/c20-12-1-3-13(4-2-12)21-18(23)15-7-8-22(19(15)24)14-5-6-16-17(11-14)26-10-9-25-16;/h5-6,11-13,15H,1-4,7-10,20H2,(H,21,23);1H. The Balaban J connectivity index is 0.00000210. The molecule has 0 bridgehead atoms. The molecule has 3 N–H and O–H groups in total. The van der Waals surface area contributed by atoms with Crippen LogP contribution in [0.2, 0.25) is 0 Å². The van der Waals surface area contributed by atoms with Crippen LogP contribution in [-0.2, 0) is 9.59 Å². The van der Waals surface area contributed by atoms with E-state index in [-0.39, 0.29) is 36.3 Å². The number of rotatable bonds is 3. The lowest BCUT2D eigenvalue weighted by Gasteiger charge is -2.27. The first kappa shape index (κ1) is 19.8. The van der Waals surface area contributed by atoms with Gasteiger partial charge in [0, 0.05) is 30.4 Å². The first-order valence-corrected chi connectivity index (χ1v) is 9.39. The molecule has 0 aromatic heterocycles. The van der Waals surface area contributed by atoms with Gasteiger partial charge in [-0.15, -0.1) is 12.4 Å². The zero-order chi connectivity index (χ0) is 18.1. The Morgan fingerprint density at radius 2 is 1.78 bits per heavy atom. The highest BCUT2D eigenvalue weighted by Gasteiger charge is 2.38. The van der Waals surface area contributed by atoms with E-state index in [0.717, 1.165) is 31.4 Å². The monoisotopic (exact) mass is 395 g/mol. The van der Waals surface area contributed by atoms with Gasteiger partial charge >= 0.3 is 0 Å². The van der Waals surface area contributed by atoms with Gasteiger partial charge in [0.15, 0.2) is 11.5 Å². The van der Waals surface area contributed by atoms with E-state index in [1.807, 2.05) is 18.2 Å². The van der Waals surface area contributed by atoms with E-state index >= 15 is 0 Å². The second-order valence-electron chi connectivity index (χ2n) is 7.28. The van der Waals surface area contributed by atoms with Crippen LogP contribution in [0, 0.1) is 5.92 Å². The fourth-order valence-electron chi connectivity index (χ4n) is 3.94. The molecule has 1 unspecified atom stereocenters. The number of nitrogens with two attached hydrogens (primary N) is 1. The number of halogens is 1. The molecule has 3 aliphatic rings. The summed E-state index contributed by atoms with van der Waals surface area (Å²) in [6.07, 6.45) is 4.16. The van der Waals surface area contributed by atoms with E-state index < -0.39 is 5.92 Å². The maximum Gasteiger partial charge on any atom is 0.239 e. The Bertz CT molecular complexity index is 706. The fourth-order valence-corrected chi connectivity index (χ4v) is 3.94. The average Bonchev–Trinajstić information content (AvgIpc) is 3.05. The summed E-state index contributed by atoms with van der Waals surface area (Å²) in [4.78, 5) is 27.0. The summed E-state index contributed by atoms with van der Waals surface area (Å²) in [5, 5.41) is 3.05. The van der Waals surface area contributed by atoms with Gasteiger partial charge in [-0.2, -0.15) is 0 Å². The molecule has 4 rings (SSSR count). The first-order valence-electron chi connectivity index (χ1n) is 9.39. The first-order chi connectivity index (χ1) is 12.6. The largest absolute Gasteiger partial charge is 0.486 e. The second kappa shape index (κ2) is 8.35. The Hall–Kier alpha value is -1.99. The molecular formula is C19H26ClN3O4. The van der Waals surface area contributed by atoms with Crippen molar-refractivity contribution in [3.05, 3.63) is 18.2 Å². The number of nitrogens with zero attached hydrogens (tertiary/aromatic N) is 1. The summed E-state index contributed by atoms with van der Waals surface area (Å²) in [6, 6.07) is 5.85. The second-order valence-corrected chi connectivity index (χ2v) is 7.28. The van der Waals surface area contributed by atoms with Gasteiger partial charge in [0.2, 0.25) is 11.8 Å². The highest BCUT2D eigenvalue weighted by Crippen LogP contribution is 2.36. The molecule has 27 heavy (non-hydrogen) atoms. The Morgan fingerprint density at radius 1 is 1.07 bits per heavy atom. The van der Waals surface area contributed by atoms with Gasteiger partial charge in [-0.25, -0.2) is 0 Å².